The van der Waals surface area contributed by atoms with Gasteiger partial charge < -0.3 is 25.0 Å². The monoisotopic (exact) mass is 527 g/mol. The van der Waals surface area contributed by atoms with E-state index in [1.807, 2.05) is 40.8 Å². The highest BCUT2D eigenvalue weighted by Crippen LogP contribution is 2.20. The number of allylic oxidation sites excluding steroid dienone is 2. The van der Waals surface area contributed by atoms with Crippen molar-refractivity contribution in [1.29, 1.82) is 0 Å². The number of carbonyl (C=O) groups excluding carboxylic acids is 1. The molecule has 1 aromatic rings. The lowest BCUT2D eigenvalue weighted by atomic mass is 10.1. The predicted molar refractivity (Wildman–Crippen MR) is 157 cm³/mol. The summed E-state index contributed by atoms with van der Waals surface area (Å²) in [6.07, 6.45) is 9.50. The molecule has 0 aromatic carbocycles. The molecule has 1 aromatic heterocycles. The zero-order valence-electron chi connectivity index (χ0n) is 24.4. The lowest BCUT2D eigenvalue weighted by Gasteiger charge is -2.26. The van der Waals surface area contributed by atoms with E-state index in [2.05, 4.69) is 39.2 Å². The number of esters is 1. The molecule has 8 heteroatoms. The Morgan fingerprint density at radius 3 is 2.76 bits per heavy atom. The second-order valence-corrected chi connectivity index (χ2v) is 10.9. The molecule has 0 spiro atoms. The molecular weight excluding hydrogens is 478 g/mol. The number of aromatic nitrogens is 1. The molecule has 1 aliphatic heterocycles. The molecule has 0 saturated heterocycles. The second-order valence-electron chi connectivity index (χ2n) is 10.9. The van der Waals surface area contributed by atoms with Crippen LogP contribution in [0, 0.1) is 0 Å². The van der Waals surface area contributed by atoms with Crippen LogP contribution in [-0.2, 0) is 27.1 Å². The number of anilines is 1. The average molecular weight is 528 g/mol. The summed E-state index contributed by atoms with van der Waals surface area (Å²) < 4.78 is 11.0. The van der Waals surface area contributed by atoms with E-state index in [-0.39, 0.29) is 5.97 Å². The summed E-state index contributed by atoms with van der Waals surface area (Å²) in [4.78, 5) is 24.8. The van der Waals surface area contributed by atoms with Crippen molar-refractivity contribution in [2.45, 2.75) is 84.8 Å². The van der Waals surface area contributed by atoms with Crippen LogP contribution < -0.4 is 10.6 Å². The molecule has 1 unspecified atom stereocenters. The maximum Gasteiger partial charge on any atom is 0.331 e. The largest absolute Gasteiger partial charge is 0.458 e. The maximum atomic E-state index is 13.0. The van der Waals surface area contributed by atoms with Crippen molar-refractivity contribution in [3.05, 3.63) is 47.8 Å². The fourth-order valence-electron chi connectivity index (χ4n) is 4.16. The van der Waals surface area contributed by atoms with Crippen molar-refractivity contribution in [2.24, 2.45) is 4.99 Å². The van der Waals surface area contributed by atoms with Crippen LogP contribution in [0.15, 0.2) is 41.6 Å². The number of aliphatic imine (C=N–C) groups is 1. The van der Waals surface area contributed by atoms with Gasteiger partial charge in [-0.05, 0) is 96.9 Å². The molecule has 0 aliphatic carbocycles. The van der Waals surface area contributed by atoms with Crippen molar-refractivity contribution in [2.75, 3.05) is 45.2 Å². The first-order valence-corrected chi connectivity index (χ1v) is 13.9. The van der Waals surface area contributed by atoms with Gasteiger partial charge in [0.15, 0.2) is 6.04 Å². The Hall–Kier alpha value is -2.71. The first-order valence-electron chi connectivity index (χ1n) is 13.9. The van der Waals surface area contributed by atoms with Gasteiger partial charge in [-0.2, -0.15) is 0 Å². The number of pyridine rings is 1. The first kappa shape index (κ1) is 31.5. The lowest BCUT2D eigenvalue weighted by Crippen LogP contribution is -2.36. The summed E-state index contributed by atoms with van der Waals surface area (Å²) in [6.45, 7) is 17.3. The van der Waals surface area contributed by atoms with Gasteiger partial charge in [0, 0.05) is 38.6 Å². The Bertz CT molecular complexity index is 952. The number of aryl methyl sites for hydroxylation is 2. The van der Waals surface area contributed by atoms with Gasteiger partial charge in [-0.25, -0.2) is 9.78 Å². The Morgan fingerprint density at radius 2 is 2.05 bits per heavy atom. The highest BCUT2D eigenvalue weighted by atomic mass is 16.6. The molecule has 2 rings (SSSR count). The van der Waals surface area contributed by atoms with Crippen molar-refractivity contribution in [3.63, 3.8) is 0 Å². The highest BCUT2D eigenvalue weighted by molar-refractivity contribution is 5.85. The Labute approximate surface area is 230 Å². The number of hydrogen-bond donors (Lipinski definition) is 2. The van der Waals surface area contributed by atoms with E-state index in [1.165, 1.54) is 12.0 Å². The van der Waals surface area contributed by atoms with Gasteiger partial charge in [0.2, 0.25) is 0 Å². The van der Waals surface area contributed by atoms with Gasteiger partial charge >= 0.3 is 5.97 Å². The average Bonchev–Trinajstić information content (AvgIpc) is 2.88. The summed E-state index contributed by atoms with van der Waals surface area (Å²) in [5.74, 6) is 1.42. The molecule has 1 atom stereocenters. The Balaban J connectivity index is 1.96. The number of fused-ring (bicyclic) bond motifs is 1. The van der Waals surface area contributed by atoms with E-state index < -0.39 is 11.6 Å². The summed E-state index contributed by atoms with van der Waals surface area (Å²) in [7, 11) is 1.72. The fraction of sp³-hybridized carbons (Fsp3) is 0.633. The molecule has 0 amide bonds. The zero-order chi connectivity index (χ0) is 28.0. The highest BCUT2D eigenvalue weighted by Gasteiger charge is 2.25. The molecule has 2 heterocycles. The van der Waals surface area contributed by atoms with E-state index in [0.29, 0.717) is 18.9 Å². The summed E-state index contributed by atoms with van der Waals surface area (Å²) >= 11 is 0. The van der Waals surface area contributed by atoms with Crippen LogP contribution in [0.1, 0.15) is 71.6 Å². The van der Waals surface area contributed by atoms with Gasteiger partial charge in [0.25, 0.3) is 0 Å². The van der Waals surface area contributed by atoms with Crippen LogP contribution in [0.2, 0.25) is 0 Å². The van der Waals surface area contributed by atoms with Crippen LogP contribution in [0.4, 0.5) is 5.82 Å². The number of nitrogens with zero attached hydrogens (tertiary/aromatic N) is 3. The van der Waals surface area contributed by atoms with E-state index in [1.54, 1.807) is 13.2 Å². The summed E-state index contributed by atoms with van der Waals surface area (Å²) in [5.41, 5.74) is 2.89. The molecule has 0 bridgehead atoms. The van der Waals surface area contributed by atoms with Crippen LogP contribution in [-0.4, -0.2) is 73.2 Å². The normalized spacial score (nSPS) is 15.0. The van der Waals surface area contributed by atoms with Gasteiger partial charge in [-0.1, -0.05) is 18.7 Å². The van der Waals surface area contributed by atoms with Crippen LogP contribution in [0.5, 0.6) is 0 Å². The molecule has 38 heavy (non-hydrogen) atoms. The number of unbranched alkanes of at least 4 members (excludes halogenated alkanes) is 1. The molecule has 212 valence electrons. The first-order chi connectivity index (χ1) is 18.1. The minimum Gasteiger partial charge on any atom is -0.458 e. The van der Waals surface area contributed by atoms with E-state index in [0.717, 1.165) is 68.9 Å². The number of hydrogen-bond acceptors (Lipinski definition) is 7. The van der Waals surface area contributed by atoms with Crippen molar-refractivity contribution < 1.29 is 14.3 Å². The number of rotatable bonds is 15. The smallest absolute Gasteiger partial charge is 0.331 e. The van der Waals surface area contributed by atoms with Gasteiger partial charge in [0.1, 0.15) is 11.4 Å². The van der Waals surface area contributed by atoms with Gasteiger partial charge in [-0.15, -0.1) is 0 Å². The number of methoxy groups -OCH3 is 1. The van der Waals surface area contributed by atoms with Crippen LogP contribution in [0.25, 0.3) is 0 Å². The van der Waals surface area contributed by atoms with Crippen LogP contribution in [0.3, 0.4) is 0 Å². The molecular formula is C30H49N5O3. The minimum atomic E-state index is -0.587. The molecule has 8 nitrogen and oxygen atoms in total. The standard InChI is InChI=1S/C30H49N5O3/c1-8-23(2)22-32-24(3)33-27(29(36)38-30(4,5)6)16-19-35(20-21-37-7)18-10-9-13-26-15-14-25-12-11-17-31-28(25)34-26/h8,14-15,22,27H,1,9-13,16-21H2,2-7H3,(H,31,34)(H,32,33)/b23-22-. The van der Waals surface area contributed by atoms with E-state index >= 15 is 0 Å². The SMILES string of the molecule is C=C/C(C)=C\NC(C)=NC(CCN(CCCCc1ccc2c(n1)NCCC2)CCOC)C(=O)OC(C)(C)C. The van der Waals surface area contributed by atoms with E-state index in [9.17, 15) is 4.79 Å². The Kier molecular flexibility index (Phi) is 13.5. The third kappa shape index (κ3) is 12.2. The minimum absolute atomic E-state index is 0.304. The zero-order valence-corrected chi connectivity index (χ0v) is 24.4. The molecule has 0 fully saturated rings. The second kappa shape index (κ2) is 16.3. The van der Waals surface area contributed by atoms with Gasteiger partial charge in [-0.3, -0.25) is 4.99 Å². The topological polar surface area (TPSA) is 88.1 Å². The maximum absolute atomic E-state index is 13.0. The fourth-order valence-corrected chi connectivity index (χ4v) is 4.16. The molecule has 0 saturated carbocycles. The molecule has 0 radical (unpaired) electrons. The predicted octanol–water partition coefficient (Wildman–Crippen LogP) is 4.91. The number of ether oxygens (including phenoxy) is 2. The number of amidine groups is 1. The van der Waals surface area contributed by atoms with Crippen molar-refractivity contribution in [3.8, 4) is 0 Å². The third-order valence-corrected chi connectivity index (χ3v) is 6.30. The van der Waals surface area contributed by atoms with Crippen LogP contribution >= 0.6 is 0 Å². The van der Waals surface area contributed by atoms with Crippen molar-refractivity contribution >= 4 is 17.6 Å². The third-order valence-electron chi connectivity index (χ3n) is 6.30. The number of nitrogens with one attached hydrogen (secondary N) is 2. The molecule has 2 N–H and O–H groups in total. The van der Waals surface area contributed by atoms with Crippen molar-refractivity contribution in [1.82, 2.24) is 15.2 Å². The lowest BCUT2D eigenvalue weighted by molar-refractivity contribution is -0.156. The Morgan fingerprint density at radius 1 is 1.26 bits per heavy atom. The van der Waals surface area contributed by atoms with E-state index in [4.69, 9.17) is 14.5 Å². The quantitative estimate of drug-likeness (QED) is 0.110. The number of carbonyl (C=O) groups is 1. The summed E-state index contributed by atoms with van der Waals surface area (Å²) in [5, 5.41) is 6.57. The van der Waals surface area contributed by atoms with Gasteiger partial charge in [0.05, 0.1) is 12.4 Å². The molecule has 1 aliphatic rings. The summed E-state index contributed by atoms with van der Waals surface area (Å²) in [6, 6.07) is 3.80.